The quantitative estimate of drug-likeness (QED) is 0.568. The van der Waals surface area contributed by atoms with Crippen LogP contribution in [0.3, 0.4) is 0 Å². The highest BCUT2D eigenvalue weighted by Gasteiger charge is 2.10. The fraction of sp³-hybridized carbons (Fsp3) is 0.150. The van der Waals surface area contributed by atoms with Crippen LogP contribution in [0.2, 0.25) is 0 Å². The lowest BCUT2D eigenvalue weighted by atomic mass is 10.1. The first-order valence-corrected chi connectivity index (χ1v) is 10.2. The van der Waals surface area contributed by atoms with E-state index in [1.54, 1.807) is 12.4 Å². The van der Waals surface area contributed by atoms with Gasteiger partial charge in [0.15, 0.2) is 5.03 Å². The first kappa shape index (κ1) is 19.4. The second-order valence-electron chi connectivity index (χ2n) is 5.76. The summed E-state index contributed by atoms with van der Waals surface area (Å²) in [5, 5.41) is 3.18. The van der Waals surface area contributed by atoms with Crippen molar-refractivity contribution in [3.63, 3.8) is 0 Å². The molecule has 138 valence electrons. The number of carbonyl (C=O) groups is 1. The Balaban J connectivity index is 1.56. The maximum Gasteiger partial charge on any atom is 0.287 e. The normalized spacial score (nSPS) is 10.6. The molecule has 0 aliphatic carbocycles. The highest BCUT2D eigenvalue weighted by Crippen LogP contribution is 2.14. The molecule has 0 spiro atoms. The Hall–Kier alpha value is -2.38. The highest BCUT2D eigenvalue weighted by atomic mass is 79.9. The van der Waals surface area contributed by atoms with Gasteiger partial charge in [-0.2, -0.15) is 0 Å². The van der Waals surface area contributed by atoms with Gasteiger partial charge in [-0.15, -0.1) is 0 Å². The molecule has 0 aliphatic heterocycles. The third-order valence-electron chi connectivity index (χ3n) is 3.83. The monoisotopic (exact) mass is 443 g/mol. The second-order valence-corrected chi connectivity index (χ2v) is 7.64. The van der Waals surface area contributed by atoms with Gasteiger partial charge in [0.1, 0.15) is 0 Å². The summed E-state index contributed by atoms with van der Waals surface area (Å²) in [7, 11) is 0. The van der Waals surface area contributed by atoms with E-state index in [9.17, 15) is 9.59 Å². The van der Waals surface area contributed by atoms with Gasteiger partial charge in [-0.25, -0.2) is 4.98 Å². The molecule has 0 unspecified atom stereocenters. The Kier molecular flexibility index (Phi) is 6.84. The average molecular weight is 444 g/mol. The van der Waals surface area contributed by atoms with Crippen molar-refractivity contribution in [2.45, 2.75) is 11.4 Å². The van der Waals surface area contributed by atoms with Crippen molar-refractivity contribution in [1.82, 2.24) is 14.9 Å². The molecule has 2 aromatic carbocycles. The summed E-state index contributed by atoms with van der Waals surface area (Å²) in [6.45, 7) is 0.564. The molecular weight excluding hydrogens is 426 g/mol. The summed E-state index contributed by atoms with van der Waals surface area (Å²) < 4.78 is 2.46. The summed E-state index contributed by atoms with van der Waals surface area (Å²) >= 11 is 4.53. The van der Waals surface area contributed by atoms with Crippen LogP contribution in [0.4, 0.5) is 0 Å². The Morgan fingerprint density at radius 2 is 1.85 bits per heavy atom. The van der Waals surface area contributed by atoms with E-state index in [-0.39, 0.29) is 17.2 Å². The molecule has 5 nitrogen and oxygen atoms in total. The van der Waals surface area contributed by atoms with E-state index in [0.717, 1.165) is 28.3 Å². The lowest BCUT2D eigenvalue weighted by molar-refractivity contribution is -0.118. The molecule has 1 N–H and O–H groups in total. The van der Waals surface area contributed by atoms with Gasteiger partial charge in [0.05, 0.1) is 5.75 Å². The van der Waals surface area contributed by atoms with Crippen LogP contribution in [0.15, 0.2) is 81.3 Å². The van der Waals surface area contributed by atoms with Gasteiger partial charge < -0.3 is 5.32 Å². The lowest BCUT2D eigenvalue weighted by Crippen LogP contribution is -2.28. The molecule has 3 rings (SSSR count). The van der Waals surface area contributed by atoms with Gasteiger partial charge in [-0.3, -0.25) is 14.2 Å². The van der Waals surface area contributed by atoms with Crippen molar-refractivity contribution < 1.29 is 4.79 Å². The number of amides is 1. The van der Waals surface area contributed by atoms with E-state index in [2.05, 4.69) is 26.2 Å². The first-order chi connectivity index (χ1) is 13.1. The molecule has 3 aromatic rings. The molecular formula is C20H18BrN3O2S. The summed E-state index contributed by atoms with van der Waals surface area (Å²) in [4.78, 5) is 28.8. The molecule has 0 bridgehead atoms. The van der Waals surface area contributed by atoms with Crippen LogP contribution in [0.5, 0.6) is 0 Å². The fourth-order valence-corrected chi connectivity index (χ4v) is 3.46. The second kappa shape index (κ2) is 9.53. The number of nitrogens with zero attached hydrogens (tertiary/aromatic N) is 2. The van der Waals surface area contributed by atoms with Crippen molar-refractivity contribution in [3.05, 3.63) is 87.4 Å². The molecule has 27 heavy (non-hydrogen) atoms. The number of carbonyl (C=O) groups excluding carboxylic acids is 1. The van der Waals surface area contributed by atoms with Crippen LogP contribution in [-0.2, 0) is 11.2 Å². The first-order valence-electron chi connectivity index (χ1n) is 8.40. The number of halogens is 1. The topological polar surface area (TPSA) is 64.0 Å². The van der Waals surface area contributed by atoms with Crippen LogP contribution >= 0.6 is 27.7 Å². The van der Waals surface area contributed by atoms with Gasteiger partial charge in [-0.05, 0) is 36.2 Å². The van der Waals surface area contributed by atoms with Gasteiger partial charge >= 0.3 is 0 Å². The maximum atomic E-state index is 12.6. The Morgan fingerprint density at radius 1 is 1.11 bits per heavy atom. The zero-order valence-corrected chi connectivity index (χ0v) is 16.9. The van der Waals surface area contributed by atoms with Gasteiger partial charge in [-0.1, -0.05) is 58.0 Å². The number of aromatic nitrogens is 2. The molecule has 0 fully saturated rings. The minimum Gasteiger partial charge on any atom is -0.355 e. The molecule has 0 atom stereocenters. The van der Waals surface area contributed by atoms with E-state index in [4.69, 9.17) is 0 Å². The van der Waals surface area contributed by atoms with Crippen molar-refractivity contribution in [1.29, 1.82) is 0 Å². The van der Waals surface area contributed by atoms with Gasteiger partial charge in [0.25, 0.3) is 5.56 Å². The molecule has 0 saturated heterocycles. The predicted molar refractivity (Wildman–Crippen MR) is 111 cm³/mol. The van der Waals surface area contributed by atoms with Crippen molar-refractivity contribution in [3.8, 4) is 5.69 Å². The van der Waals surface area contributed by atoms with Crippen molar-refractivity contribution in [2.24, 2.45) is 0 Å². The Bertz CT molecular complexity index is 959. The molecule has 1 heterocycles. The number of hydrogen-bond donors (Lipinski definition) is 1. The Morgan fingerprint density at radius 3 is 2.59 bits per heavy atom. The number of nitrogens with one attached hydrogen (secondary N) is 1. The summed E-state index contributed by atoms with van der Waals surface area (Å²) in [6.07, 6.45) is 3.96. The molecule has 7 heteroatoms. The zero-order valence-electron chi connectivity index (χ0n) is 14.5. The molecule has 0 aliphatic rings. The van der Waals surface area contributed by atoms with E-state index >= 15 is 0 Å². The molecule has 1 aromatic heterocycles. The lowest BCUT2D eigenvalue weighted by Gasteiger charge is -2.08. The predicted octanol–water partition coefficient (Wildman–Crippen LogP) is 3.45. The number of hydrogen-bond acceptors (Lipinski definition) is 4. The van der Waals surface area contributed by atoms with Gasteiger partial charge in [0, 0.05) is 29.1 Å². The van der Waals surface area contributed by atoms with Crippen molar-refractivity contribution in [2.75, 3.05) is 12.3 Å². The van der Waals surface area contributed by atoms with E-state index in [1.165, 1.54) is 10.1 Å². The number of rotatable bonds is 7. The highest BCUT2D eigenvalue weighted by molar-refractivity contribution is 9.10. The third-order valence-corrected chi connectivity index (χ3v) is 5.32. The third kappa shape index (κ3) is 5.55. The van der Waals surface area contributed by atoms with Crippen LogP contribution in [-0.4, -0.2) is 27.8 Å². The largest absolute Gasteiger partial charge is 0.355 e. The number of benzene rings is 2. The van der Waals surface area contributed by atoms with Crippen LogP contribution < -0.4 is 10.9 Å². The number of thioether (sulfide) groups is 1. The van der Waals surface area contributed by atoms with Gasteiger partial charge in [0.2, 0.25) is 5.91 Å². The minimum absolute atomic E-state index is 0.115. The van der Waals surface area contributed by atoms with Crippen LogP contribution in [0.1, 0.15) is 5.56 Å². The Labute approximate surface area is 170 Å². The SMILES string of the molecule is O=C(CSc1nccn(-c2ccc(Br)cc2)c1=O)NCCc1ccccc1. The standard InChI is InChI=1S/C20H18BrN3O2S/c21-16-6-8-17(9-7-16)24-13-12-23-19(20(24)26)27-14-18(25)22-11-10-15-4-2-1-3-5-15/h1-9,12-13H,10-11,14H2,(H,22,25). The summed E-state index contributed by atoms with van der Waals surface area (Å²) in [5.41, 5.74) is 1.69. The maximum absolute atomic E-state index is 12.6. The zero-order chi connectivity index (χ0) is 19.1. The van der Waals surface area contributed by atoms with E-state index < -0.39 is 0 Å². The van der Waals surface area contributed by atoms with Crippen LogP contribution in [0, 0.1) is 0 Å². The molecule has 1 amide bonds. The van der Waals surface area contributed by atoms with E-state index in [1.807, 2.05) is 54.6 Å². The fourth-order valence-electron chi connectivity index (χ4n) is 2.47. The smallest absolute Gasteiger partial charge is 0.287 e. The summed E-state index contributed by atoms with van der Waals surface area (Å²) in [5.74, 6) is 0.0395. The summed E-state index contributed by atoms with van der Waals surface area (Å²) in [6, 6.07) is 17.4. The minimum atomic E-state index is -0.234. The average Bonchev–Trinajstić information content (AvgIpc) is 2.69. The van der Waals surface area contributed by atoms with Crippen LogP contribution in [0.25, 0.3) is 5.69 Å². The molecule has 0 radical (unpaired) electrons. The van der Waals surface area contributed by atoms with E-state index in [0.29, 0.717) is 11.6 Å². The molecule has 0 saturated carbocycles. The van der Waals surface area contributed by atoms with Crippen molar-refractivity contribution >= 4 is 33.6 Å².